The Morgan fingerprint density at radius 1 is 1.08 bits per heavy atom. The normalized spacial score (nSPS) is 15.2. The lowest BCUT2D eigenvalue weighted by Crippen LogP contribution is -2.39. The summed E-state index contributed by atoms with van der Waals surface area (Å²) in [7, 11) is 0. The predicted octanol–water partition coefficient (Wildman–Crippen LogP) is 4.77. The van der Waals surface area contributed by atoms with Crippen LogP contribution in [0.15, 0.2) is 42.5 Å². The van der Waals surface area contributed by atoms with E-state index in [2.05, 4.69) is 30.4 Å². The maximum atomic E-state index is 12.7. The number of fused-ring (bicyclic) bond motifs is 1. The Labute approximate surface area is 156 Å². The number of carbonyl (C=O) groups is 1. The van der Waals surface area contributed by atoms with Gasteiger partial charge in [-0.2, -0.15) is 0 Å². The molecule has 1 N–H and O–H groups in total. The molecule has 0 unspecified atom stereocenters. The van der Waals surface area contributed by atoms with Gasteiger partial charge >= 0.3 is 0 Å². The van der Waals surface area contributed by atoms with Crippen molar-refractivity contribution in [1.29, 1.82) is 0 Å². The van der Waals surface area contributed by atoms with Gasteiger partial charge in [-0.1, -0.05) is 44.2 Å². The summed E-state index contributed by atoms with van der Waals surface area (Å²) < 4.78 is 5.92. The van der Waals surface area contributed by atoms with E-state index in [0.717, 1.165) is 18.6 Å². The quantitative estimate of drug-likeness (QED) is 0.780. The lowest BCUT2D eigenvalue weighted by molar-refractivity contribution is -0.128. The summed E-state index contributed by atoms with van der Waals surface area (Å²) in [5.41, 5.74) is 5.32. The van der Waals surface area contributed by atoms with E-state index < -0.39 is 6.10 Å². The van der Waals surface area contributed by atoms with E-state index in [1.165, 1.54) is 35.1 Å². The third-order valence-electron chi connectivity index (χ3n) is 5.25. The Hall–Kier alpha value is -2.29. The molecule has 0 aliphatic heterocycles. The Balaban J connectivity index is 1.62. The Kier molecular flexibility index (Phi) is 5.97. The molecular weight excluding hydrogens is 322 g/mol. The summed E-state index contributed by atoms with van der Waals surface area (Å²) in [5.74, 6) is 0.689. The van der Waals surface area contributed by atoms with Crippen molar-refractivity contribution in [3.05, 3.63) is 64.7 Å². The van der Waals surface area contributed by atoms with Crippen molar-refractivity contribution in [2.24, 2.45) is 0 Å². The summed E-state index contributed by atoms with van der Waals surface area (Å²) in [4.78, 5) is 12.7. The largest absolute Gasteiger partial charge is 0.481 e. The molecule has 0 saturated heterocycles. The molecule has 2 aromatic rings. The molecule has 2 atom stereocenters. The van der Waals surface area contributed by atoms with Crippen LogP contribution in [0.3, 0.4) is 0 Å². The van der Waals surface area contributed by atoms with Crippen LogP contribution in [0.2, 0.25) is 0 Å². The van der Waals surface area contributed by atoms with Gasteiger partial charge in [0.1, 0.15) is 5.75 Å². The number of rotatable bonds is 7. The Bertz CT molecular complexity index is 751. The molecule has 0 spiro atoms. The molecule has 0 aromatic heterocycles. The number of amides is 1. The van der Waals surface area contributed by atoms with Crippen molar-refractivity contribution < 1.29 is 9.53 Å². The summed E-state index contributed by atoms with van der Waals surface area (Å²) in [6.07, 6.45) is 4.73. The topological polar surface area (TPSA) is 38.3 Å². The van der Waals surface area contributed by atoms with Crippen LogP contribution in [0, 0.1) is 0 Å². The van der Waals surface area contributed by atoms with Gasteiger partial charge in [-0.25, -0.2) is 0 Å². The highest BCUT2D eigenvalue weighted by molar-refractivity contribution is 5.81. The number of ether oxygens (including phenoxy) is 1. The Morgan fingerprint density at radius 2 is 1.81 bits per heavy atom. The zero-order valence-corrected chi connectivity index (χ0v) is 16.0. The molecule has 1 amide bonds. The Morgan fingerprint density at radius 3 is 2.50 bits per heavy atom. The highest BCUT2D eigenvalue weighted by Crippen LogP contribution is 2.25. The standard InChI is InChI=1S/C23H29NO2/c1-4-17-9-13-21(14-10-17)26-22(5-2)23(25)24-16(3)19-12-11-18-7-6-8-20(18)15-19/h9-16,22H,4-8H2,1-3H3,(H,24,25)/t16-,22-/m0/s1. The first-order valence-corrected chi connectivity index (χ1v) is 9.78. The average Bonchev–Trinajstić information content (AvgIpc) is 3.14. The van der Waals surface area contributed by atoms with E-state index >= 15 is 0 Å². The maximum absolute atomic E-state index is 12.7. The van der Waals surface area contributed by atoms with Gasteiger partial charge in [0, 0.05) is 0 Å². The van der Waals surface area contributed by atoms with Crippen molar-refractivity contribution >= 4 is 5.91 Å². The van der Waals surface area contributed by atoms with Crippen LogP contribution in [0.5, 0.6) is 5.75 Å². The van der Waals surface area contributed by atoms with Crippen LogP contribution in [0.4, 0.5) is 0 Å². The zero-order valence-electron chi connectivity index (χ0n) is 16.0. The SMILES string of the molecule is CCc1ccc(O[C@@H](CC)C(=O)N[C@@H](C)c2ccc3c(c2)CCC3)cc1. The number of aryl methyl sites for hydroxylation is 3. The first kappa shape index (κ1) is 18.5. The van der Waals surface area contributed by atoms with Gasteiger partial charge in [0.05, 0.1) is 6.04 Å². The van der Waals surface area contributed by atoms with E-state index in [4.69, 9.17) is 4.74 Å². The number of hydrogen-bond donors (Lipinski definition) is 1. The number of benzene rings is 2. The van der Waals surface area contributed by atoms with Crippen LogP contribution < -0.4 is 10.1 Å². The fourth-order valence-electron chi connectivity index (χ4n) is 3.54. The molecule has 2 aromatic carbocycles. The van der Waals surface area contributed by atoms with Crippen molar-refractivity contribution in [2.75, 3.05) is 0 Å². The molecule has 0 radical (unpaired) electrons. The first-order valence-electron chi connectivity index (χ1n) is 9.78. The van der Waals surface area contributed by atoms with E-state index in [0.29, 0.717) is 6.42 Å². The lowest BCUT2D eigenvalue weighted by Gasteiger charge is -2.21. The van der Waals surface area contributed by atoms with E-state index in [1.807, 2.05) is 38.1 Å². The number of nitrogens with one attached hydrogen (secondary N) is 1. The molecule has 0 saturated carbocycles. The molecule has 0 fully saturated rings. The highest BCUT2D eigenvalue weighted by Gasteiger charge is 2.21. The molecular formula is C23H29NO2. The minimum atomic E-state index is -0.473. The number of carbonyl (C=O) groups excluding carboxylic acids is 1. The van der Waals surface area contributed by atoms with Crippen molar-refractivity contribution in [3.63, 3.8) is 0 Å². The van der Waals surface area contributed by atoms with Gasteiger partial charge in [0.25, 0.3) is 5.91 Å². The summed E-state index contributed by atoms with van der Waals surface area (Å²) >= 11 is 0. The van der Waals surface area contributed by atoms with Gasteiger partial charge in [-0.05, 0) is 73.4 Å². The highest BCUT2D eigenvalue weighted by atomic mass is 16.5. The van der Waals surface area contributed by atoms with E-state index in [-0.39, 0.29) is 11.9 Å². The fraction of sp³-hybridized carbons (Fsp3) is 0.435. The summed E-state index contributed by atoms with van der Waals surface area (Å²) in [5, 5.41) is 3.12. The van der Waals surface area contributed by atoms with Gasteiger partial charge < -0.3 is 10.1 Å². The molecule has 3 nitrogen and oxygen atoms in total. The van der Waals surface area contributed by atoms with Gasteiger partial charge in [-0.15, -0.1) is 0 Å². The summed E-state index contributed by atoms with van der Waals surface area (Å²) in [6.45, 7) is 6.14. The monoisotopic (exact) mass is 351 g/mol. The fourth-order valence-corrected chi connectivity index (χ4v) is 3.54. The van der Waals surface area contributed by atoms with E-state index in [9.17, 15) is 4.79 Å². The van der Waals surface area contributed by atoms with Gasteiger partial charge in [0.2, 0.25) is 0 Å². The second-order valence-electron chi connectivity index (χ2n) is 7.12. The predicted molar refractivity (Wildman–Crippen MR) is 106 cm³/mol. The molecule has 0 heterocycles. The second-order valence-corrected chi connectivity index (χ2v) is 7.12. The smallest absolute Gasteiger partial charge is 0.261 e. The number of hydrogen-bond acceptors (Lipinski definition) is 2. The molecule has 3 rings (SSSR count). The van der Waals surface area contributed by atoms with Crippen molar-refractivity contribution in [3.8, 4) is 5.75 Å². The van der Waals surface area contributed by atoms with Crippen molar-refractivity contribution in [1.82, 2.24) is 5.32 Å². The van der Waals surface area contributed by atoms with Crippen LogP contribution in [0.1, 0.15) is 61.9 Å². The summed E-state index contributed by atoms with van der Waals surface area (Å²) in [6, 6.07) is 14.6. The minimum Gasteiger partial charge on any atom is -0.481 e. The third kappa shape index (κ3) is 4.27. The lowest BCUT2D eigenvalue weighted by atomic mass is 10.0. The van der Waals surface area contributed by atoms with Crippen molar-refractivity contribution in [2.45, 2.75) is 65.0 Å². The second kappa shape index (κ2) is 8.39. The third-order valence-corrected chi connectivity index (χ3v) is 5.25. The molecule has 138 valence electrons. The maximum Gasteiger partial charge on any atom is 0.261 e. The average molecular weight is 351 g/mol. The van der Waals surface area contributed by atoms with Crippen LogP contribution in [0.25, 0.3) is 0 Å². The van der Waals surface area contributed by atoms with Crippen LogP contribution in [-0.4, -0.2) is 12.0 Å². The van der Waals surface area contributed by atoms with Gasteiger partial charge in [-0.3, -0.25) is 4.79 Å². The molecule has 1 aliphatic carbocycles. The minimum absolute atomic E-state index is 0.0199. The van der Waals surface area contributed by atoms with E-state index in [1.54, 1.807) is 0 Å². The molecule has 3 heteroatoms. The van der Waals surface area contributed by atoms with Gasteiger partial charge in [0.15, 0.2) is 6.10 Å². The van der Waals surface area contributed by atoms with Crippen LogP contribution in [-0.2, 0) is 24.1 Å². The molecule has 0 bridgehead atoms. The zero-order chi connectivity index (χ0) is 18.5. The molecule has 26 heavy (non-hydrogen) atoms. The molecule has 1 aliphatic rings. The van der Waals surface area contributed by atoms with Crippen LogP contribution >= 0.6 is 0 Å². The first-order chi connectivity index (χ1) is 12.6.